The molecule has 35 heavy (non-hydrogen) atoms. The van der Waals surface area contributed by atoms with Crippen molar-refractivity contribution in [1.29, 1.82) is 0 Å². The highest BCUT2D eigenvalue weighted by Gasteiger charge is 2.40. The van der Waals surface area contributed by atoms with Crippen LogP contribution in [0.2, 0.25) is 0 Å². The van der Waals surface area contributed by atoms with Gasteiger partial charge in [-0.05, 0) is 53.7 Å². The normalized spacial score (nSPS) is 20.6. The standard InChI is InChI=1S/C25H26F2N6O2/c1-15-29-31-33(30-15)14-23(34)32-13-19(26)12-22(32)25(35)28-24(17-5-3-2-4-6-17)18-9-10-20(16-7-8-16)21(27)11-18/h2-6,9-11,16,19,22,24H,7-8,12-14H2,1H3,(H,28,35)/t19-,22+,24+/m1/s1. The van der Waals surface area contributed by atoms with Crippen molar-refractivity contribution in [3.63, 3.8) is 0 Å². The molecular weight excluding hydrogens is 454 g/mol. The Labute approximate surface area is 201 Å². The summed E-state index contributed by atoms with van der Waals surface area (Å²) >= 11 is 0. The summed E-state index contributed by atoms with van der Waals surface area (Å²) in [7, 11) is 0. The number of carbonyl (C=O) groups excluding carboxylic acids is 2. The van der Waals surface area contributed by atoms with Gasteiger partial charge in [0.15, 0.2) is 5.82 Å². The van der Waals surface area contributed by atoms with Crippen molar-refractivity contribution in [1.82, 2.24) is 30.4 Å². The highest BCUT2D eigenvalue weighted by atomic mass is 19.1. The van der Waals surface area contributed by atoms with Crippen LogP contribution in [0.25, 0.3) is 0 Å². The van der Waals surface area contributed by atoms with E-state index in [4.69, 9.17) is 0 Å². The Morgan fingerprint density at radius 2 is 1.91 bits per heavy atom. The highest BCUT2D eigenvalue weighted by molar-refractivity contribution is 5.88. The first-order chi connectivity index (χ1) is 16.9. The van der Waals surface area contributed by atoms with Gasteiger partial charge in [-0.15, -0.1) is 10.2 Å². The lowest BCUT2D eigenvalue weighted by atomic mass is 9.96. The van der Waals surface area contributed by atoms with Crippen LogP contribution < -0.4 is 5.32 Å². The number of benzene rings is 2. The number of rotatable bonds is 7. The third kappa shape index (κ3) is 5.06. The van der Waals surface area contributed by atoms with E-state index in [1.165, 1.54) is 11.0 Å². The van der Waals surface area contributed by atoms with E-state index in [1.807, 2.05) is 36.4 Å². The number of nitrogens with zero attached hydrogens (tertiary/aromatic N) is 5. The van der Waals surface area contributed by atoms with Crippen molar-refractivity contribution in [3.8, 4) is 0 Å². The number of amides is 2. The van der Waals surface area contributed by atoms with Crippen LogP contribution in [0.3, 0.4) is 0 Å². The average molecular weight is 481 g/mol. The zero-order chi connectivity index (χ0) is 24.5. The molecule has 0 radical (unpaired) electrons. The summed E-state index contributed by atoms with van der Waals surface area (Å²) in [5.41, 5.74) is 2.03. The molecule has 2 amide bonds. The van der Waals surface area contributed by atoms with Gasteiger partial charge in [0.1, 0.15) is 24.6 Å². The van der Waals surface area contributed by atoms with Crippen molar-refractivity contribution in [3.05, 3.63) is 76.9 Å². The Morgan fingerprint density at radius 1 is 1.14 bits per heavy atom. The zero-order valence-electron chi connectivity index (χ0n) is 19.3. The number of hydrogen-bond acceptors (Lipinski definition) is 5. The number of tetrazole rings is 1. The van der Waals surface area contributed by atoms with Crippen molar-refractivity contribution < 1.29 is 18.4 Å². The predicted octanol–water partition coefficient (Wildman–Crippen LogP) is 2.84. The van der Waals surface area contributed by atoms with Crippen LogP contribution in [-0.2, 0) is 16.1 Å². The molecule has 3 atom stereocenters. The second-order valence-electron chi connectivity index (χ2n) is 9.17. The molecule has 1 aliphatic carbocycles. The first-order valence-electron chi connectivity index (χ1n) is 11.7. The van der Waals surface area contributed by atoms with E-state index in [9.17, 15) is 18.4 Å². The maximum Gasteiger partial charge on any atom is 0.247 e. The van der Waals surface area contributed by atoms with Crippen LogP contribution >= 0.6 is 0 Å². The van der Waals surface area contributed by atoms with E-state index >= 15 is 0 Å². The number of alkyl halides is 1. The van der Waals surface area contributed by atoms with E-state index < -0.39 is 30.1 Å². The lowest BCUT2D eigenvalue weighted by Gasteiger charge is -2.27. The number of likely N-dealkylation sites (tertiary alicyclic amines) is 1. The fourth-order valence-corrected chi connectivity index (χ4v) is 4.60. The van der Waals surface area contributed by atoms with Gasteiger partial charge in [0.05, 0.1) is 12.6 Å². The van der Waals surface area contributed by atoms with Crippen molar-refractivity contribution in [2.45, 2.75) is 56.9 Å². The van der Waals surface area contributed by atoms with Gasteiger partial charge in [0, 0.05) is 6.42 Å². The van der Waals surface area contributed by atoms with Gasteiger partial charge in [-0.25, -0.2) is 8.78 Å². The molecule has 1 aliphatic heterocycles. The van der Waals surface area contributed by atoms with E-state index in [0.717, 1.165) is 23.2 Å². The molecule has 0 spiro atoms. The molecule has 1 saturated heterocycles. The minimum Gasteiger partial charge on any atom is -0.343 e. The monoisotopic (exact) mass is 480 g/mol. The first-order valence-corrected chi connectivity index (χ1v) is 11.7. The summed E-state index contributed by atoms with van der Waals surface area (Å²) in [4.78, 5) is 28.6. The number of halogens is 2. The third-order valence-corrected chi connectivity index (χ3v) is 6.50. The molecule has 0 unspecified atom stereocenters. The van der Waals surface area contributed by atoms with Gasteiger partial charge in [-0.3, -0.25) is 9.59 Å². The fraction of sp³-hybridized carbons (Fsp3) is 0.400. The van der Waals surface area contributed by atoms with Gasteiger partial charge in [-0.1, -0.05) is 42.5 Å². The highest BCUT2D eigenvalue weighted by Crippen LogP contribution is 2.41. The largest absolute Gasteiger partial charge is 0.343 e. The van der Waals surface area contributed by atoms with Gasteiger partial charge in [0.25, 0.3) is 0 Å². The number of nitrogens with one attached hydrogen (secondary N) is 1. The summed E-state index contributed by atoms with van der Waals surface area (Å²) in [5, 5.41) is 14.4. The summed E-state index contributed by atoms with van der Waals surface area (Å²) in [6, 6.07) is 12.6. The molecule has 0 bridgehead atoms. The lowest BCUT2D eigenvalue weighted by Crippen LogP contribution is -2.48. The molecule has 10 heteroatoms. The van der Waals surface area contributed by atoms with Crippen molar-refractivity contribution in [2.75, 3.05) is 6.54 Å². The SMILES string of the molecule is Cc1nnn(CC(=O)N2C[C@H](F)C[C@H]2C(=O)N[C@@H](c2ccccc2)c2ccc(C3CC3)c(F)c2)n1. The summed E-state index contributed by atoms with van der Waals surface area (Å²) < 4.78 is 29.2. The van der Waals surface area contributed by atoms with Gasteiger partial charge < -0.3 is 10.2 Å². The van der Waals surface area contributed by atoms with Crippen LogP contribution in [0.4, 0.5) is 8.78 Å². The minimum atomic E-state index is -1.33. The molecule has 2 heterocycles. The smallest absolute Gasteiger partial charge is 0.247 e. The lowest BCUT2D eigenvalue weighted by molar-refractivity contribution is -0.139. The maximum atomic E-state index is 14.8. The molecular formula is C25H26F2N6O2. The van der Waals surface area contributed by atoms with E-state index in [-0.39, 0.29) is 31.2 Å². The van der Waals surface area contributed by atoms with E-state index in [0.29, 0.717) is 17.0 Å². The molecule has 5 rings (SSSR count). The summed E-state index contributed by atoms with van der Waals surface area (Å²) in [5.74, 6) is -0.600. The molecule has 2 aliphatic rings. The number of carbonyl (C=O) groups is 2. The Kier molecular flexibility index (Phi) is 6.27. The van der Waals surface area contributed by atoms with E-state index in [1.54, 1.807) is 13.0 Å². The molecule has 8 nitrogen and oxygen atoms in total. The maximum absolute atomic E-state index is 14.8. The van der Waals surface area contributed by atoms with Gasteiger partial charge in [0.2, 0.25) is 11.8 Å². The summed E-state index contributed by atoms with van der Waals surface area (Å²) in [6.45, 7) is 1.21. The fourth-order valence-electron chi connectivity index (χ4n) is 4.60. The zero-order valence-corrected chi connectivity index (χ0v) is 19.3. The van der Waals surface area contributed by atoms with Crippen molar-refractivity contribution in [2.24, 2.45) is 0 Å². The van der Waals surface area contributed by atoms with Crippen molar-refractivity contribution >= 4 is 11.8 Å². The molecule has 1 saturated carbocycles. The number of aryl methyl sites for hydroxylation is 1. The molecule has 182 valence electrons. The Morgan fingerprint density at radius 3 is 2.57 bits per heavy atom. The van der Waals surface area contributed by atoms with Crippen LogP contribution in [-0.4, -0.2) is 55.7 Å². The molecule has 2 aromatic carbocycles. The van der Waals surface area contributed by atoms with Crippen LogP contribution in [0.5, 0.6) is 0 Å². The van der Waals surface area contributed by atoms with Gasteiger partial charge in [-0.2, -0.15) is 4.80 Å². The first kappa shape index (κ1) is 23.1. The molecule has 3 aromatic rings. The van der Waals surface area contributed by atoms with Crippen LogP contribution in [0.15, 0.2) is 48.5 Å². The van der Waals surface area contributed by atoms with Crippen LogP contribution in [0.1, 0.15) is 53.7 Å². The second kappa shape index (κ2) is 9.52. The van der Waals surface area contributed by atoms with Crippen LogP contribution in [0, 0.1) is 12.7 Å². The number of hydrogen-bond donors (Lipinski definition) is 1. The van der Waals surface area contributed by atoms with E-state index in [2.05, 4.69) is 20.7 Å². The second-order valence-corrected chi connectivity index (χ2v) is 9.17. The quantitative estimate of drug-likeness (QED) is 0.562. The topological polar surface area (TPSA) is 93.0 Å². The predicted molar refractivity (Wildman–Crippen MR) is 122 cm³/mol. The Balaban J connectivity index is 1.38. The molecule has 1 aromatic heterocycles. The molecule has 1 N–H and O–H groups in total. The minimum absolute atomic E-state index is 0.113. The Hall–Kier alpha value is -3.69. The average Bonchev–Trinajstić information content (AvgIpc) is 3.49. The number of aromatic nitrogens is 4. The van der Waals surface area contributed by atoms with Gasteiger partial charge >= 0.3 is 0 Å². The molecule has 2 fully saturated rings. The summed E-state index contributed by atoms with van der Waals surface area (Å²) in [6.07, 6.45) is 0.520. The Bertz CT molecular complexity index is 1230. The third-order valence-electron chi connectivity index (χ3n) is 6.50.